The zero-order chi connectivity index (χ0) is 15.8. The fraction of sp³-hybridized carbons (Fsp3) is 0.692. The number of carbonyl (C=O) groups is 2. The molecule has 21 heavy (non-hydrogen) atoms. The van der Waals surface area contributed by atoms with Crippen LogP contribution in [0.2, 0.25) is 0 Å². The summed E-state index contributed by atoms with van der Waals surface area (Å²) in [4.78, 5) is 23.1. The van der Waals surface area contributed by atoms with Crippen LogP contribution in [-0.2, 0) is 16.1 Å². The third kappa shape index (κ3) is 5.50. The number of rotatable bonds is 8. The summed E-state index contributed by atoms with van der Waals surface area (Å²) in [5, 5.41) is 13.4. The summed E-state index contributed by atoms with van der Waals surface area (Å²) >= 11 is 0. The van der Waals surface area contributed by atoms with Crippen LogP contribution in [0.4, 0.5) is 0 Å². The molecule has 0 radical (unpaired) electrons. The van der Waals surface area contributed by atoms with Gasteiger partial charge < -0.3 is 16.4 Å². The molecule has 1 rings (SSSR count). The number of nitrogens with one attached hydrogen (secondary N) is 2. The maximum Gasteiger partial charge on any atom is 0.244 e. The predicted octanol–water partition coefficient (Wildman–Crippen LogP) is -0.281. The molecule has 0 aliphatic rings. The standard InChI is InChI=1S/C13H24N6O2/c1-4-5-9(2)16-13(21)10(3)19-8-11(17-18-19)7-15-12(20)6-14/h8-10H,4-7,14H2,1-3H3,(H,15,20)(H,16,21). The molecule has 2 atom stereocenters. The SMILES string of the molecule is CCCC(C)NC(=O)C(C)n1cc(CNC(=O)CN)nn1. The molecule has 1 aromatic heterocycles. The molecule has 0 aromatic carbocycles. The number of amides is 2. The van der Waals surface area contributed by atoms with Crippen molar-refractivity contribution in [3.8, 4) is 0 Å². The van der Waals surface area contributed by atoms with E-state index in [1.807, 2.05) is 6.92 Å². The molecule has 4 N–H and O–H groups in total. The van der Waals surface area contributed by atoms with Gasteiger partial charge in [-0.2, -0.15) is 0 Å². The Kier molecular flexibility index (Phi) is 6.80. The van der Waals surface area contributed by atoms with E-state index in [0.29, 0.717) is 5.69 Å². The van der Waals surface area contributed by atoms with Crippen molar-refractivity contribution in [2.45, 2.75) is 52.2 Å². The Morgan fingerprint density at radius 3 is 2.76 bits per heavy atom. The zero-order valence-electron chi connectivity index (χ0n) is 12.8. The lowest BCUT2D eigenvalue weighted by atomic mass is 10.2. The second kappa shape index (κ2) is 8.35. The van der Waals surface area contributed by atoms with E-state index in [-0.39, 0.29) is 30.9 Å². The van der Waals surface area contributed by atoms with Gasteiger partial charge in [0.2, 0.25) is 11.8 Å². The van der Waals surface area contributed by atoms with Gasteiger partial charge in [0.15, 0.2) is 0 Å². The molecule has 2 unspecified atom stereocenters. The monoisotopic (exact) mass is 296 g/mol. The Balaban J connectivity index is 2.54. The smallest absolute Gasteiger partial charge is 0.244 e. The molecule has 8 heteroatoms. The largest absolute Gasteiger partial charge is 0.352 e. The number of hydrogen-bond donors (Lipinski definition) is 3. The van der Waals surface area contributed by atoms with Gasteiger partial charge in [0, 0.05) is 6.04 Å². The Morgan fingerprint density at radius 2 is 2.14 bits per heavy atom. The molecule has 0 aliphatic heterocycles. The highest BCUT2D eigenvalue weighted by molar-refractivity contribution is 5.80. The Morgan fingerprint density at radius 1 is 1.43 bits per heavy atom. The third-order valence-electron chi connectivity index (χ3n) is 3.10. The topological polar surface area (TPSA) is 115 Å². The molecule has 0 bridgehead atoms. The highest BCUT2D eigenvalue weighted by Crippen LogP contribution is 2.06. The molecular weight excluding hydrogens is 272 g/mol. The summed E-state index contributed by atoms with van der Waals surface area (Å²) in [6, 6.07) is -0.312. The van der Waals surface area contributed by atoms with E-state index in [9.17, 15) is 9.59 Å². The Bertz CT molecular complexity index is 473. The van der Waals surface area contributed by atoms with Gasteiger partial charge >= 0.3 is 0 Å². The van der Waals surface area contributed by atoms with Crippen molar-refractivity contribution in [2.24, 2.45) is 5.73 Å². The summed E-state index contributed by atoms with van der Waals surface area (Å²) in [7, 11) is 0. The van der Waals surface area contributed by atoms with E-state index in [0.717, 1.165) is 12.8 Å². The van der Waals surface area contributed by atoms with Crippen LogP contribution in [-0.4, -0.2) is 39.4 Å². The van der Waals surface area contributed by atoms with Crippen LogP contribution in [0.3, 0.4) is 0 Å². The quantitative estimate of drug-likeness (QED) is 0.610. The van der Waals surface area contributed by atoms with E-state index in [2.05, 4.69) is 27.9 Å². The van der Waals surface area contributed by atoms with E-state index in [1.54, 1.807) is 13.1 Å². The van der Waals surface area contributed by atoms with Crippen LogP contribution >= 0.6 is 0 Å². The first kappa shape index (κ1) is 17.1. The molecule has 1 heterocycles. The van der Waals surface area contributed by atoms with Crippen molar-refractivity contribution in [2.75, 3.05) is 6.54 Å². The second-order valence-corrected chi connectivity index (χ2v) is 5.05. The average molecular weight is 296 g/mol. The molecule has 1 aromatic rings. The summed E-state index contributed by atoms with van der Waals surface area (Å²) in [6.07, 6.45) is 3.60. The first-order valence-corrected chi connectivity index (χ1v) is 7.15. The van der Waals surface area contributed by atoms with Gasteiger partial charge in [0.25, 0.3) is 0 Å². The zero-order valence-corrected chi connectivity index (χ0v) is 12.8. The lowest BCUT2D eigenvalue weighted by Crippen LogP contribution is -2.37. The van der Waals surface area contributed by atoms with Gasteiger partial charge in [-0.05, 0) is 20.3 Å². The Hall–Kier alpha value is -1.96. The van der Waals surface area contributed by atoms with Crippen molar-refractivity contribution >= 4 is 11.8 Å². The maximum atomic E-state index is 12.1. The normalized spacial score (nSPS) is 13.5. The van der Waals surface area contributed by atoms with Gasteiger partial charge in [0.1, 0.15) is 11.7 Å². The van der Waals surface area contributed by atoms with Crippen LogP contribution in [0.5, 0.6) is 0 Å². The lowest BCUT2D eigenvalue weighted by molar-refractivity contribution is -0.125. The Labute approximate surface area is 124 Å². The van der Waals surface area contributed by atoms with Crippen LogP contribution in [0.1, 0.15) is 45.3 Å². The van der Waals surface area contributed by atoms with E-state index >= 15 is 0 Å². The number of aromatic nitrogens is 3. The first-order valence-electron chi connectivity index (χ1n) is 7.15. The fourth-order valence-corrected chi connectivity index (χ4v) is 1.83. The lowest BCUT2D eigenvalue weighted by Gasteiger charge is -2.16. The summed E-state index contributed by atoms with van der Waals surface area (Å²) in [5.74, 6) is -0.359. The van der Waals surface area contributed by atoms with Crippen molar-refractivity contribution in [3.63, 3.8) is 0 Å². The molecule has 0 spiro atoms. The molecule has 2 amide bonds. The van der Waals surface area contributed by atoms with Crippen LogP contribution in [0.15, 0.2) is 6.20 Å². The summed E-state index contributed by atoms with van der Waals surface area (Å²) in [6.45, 7) is 5.98. The van der Waals surface area contributed by atoms with Crippen LogP contribution < -0.4 is 16.4 Å². The fourth-order valence-electron chi connectivity index (χ4n) is 1.83. The summed E-state index contributed by atoms with van der Waals surface area (Å²) in [5.41, 5.74) is 5.78. The first-order chi connectivity index (χ1) is 9.97. The van der Waals surface area contributed by atoms with Gasteiger partial charge in [-0.3, -0.25) is 9.59 Å². The number of nitrogens with zero attached hydrogens (tertiary/aromatic N) is 3. The van der Waals surface area contributed by atoms with Crippen LogP contribution in [0, 0.1) is 0 Å². The average Bonchev–Trinajstić information content (AvgIpc) is 2.92. The third-order valence-corrected chi connectivity index (χ3v) is 3.10. The molecule has 0 saturated heterocycles. The van der Waals surface area contributed by atoms with Crippen molar-refractivity contribution < 1.29 is 9.59 Å². The van der Waals surface area contributed by atoms with Gasteiger partial charge in [0.05, 0.1) is 19.3 Å². The van der Waals surface area contributed by atoms with Gasteiger partial charge in [-0.15, -0.1) is 5.10 Å². The highest BCUT2D eigenvalue weighted by atomic mass is 16.2. The van der Waals surface area contributed by atoms with Crippen LogP contribution in [0.25, 0.3) is 0 Å². The van der Waals surface area contributed by atoms with Crippen molar-refractivity contribution in [1.82, 2.24) is 25.6 Å². The molecule has 118 valence electrons. The number of nitrogens with two attached hydrogens (primary N) is 1. The molecular formula is C13H24N6O2. The van der Waals surface area contributed by atoms with Gasteiger partial charge in [-0.1, -0.05) is 18.6 Å². The van der Waals surface area contributed by atoms with Gasteiger partial charge in [-0.25, -0.2) is 4.68 Å². The highest BCUT2D eigenvalue weighted by Gasteiger charge is 2.18. The molecule has 8 nitrogen and oxygen atoms in total. The van der Waals surface area contributed by atoms with E-state index < -0.39 is 6.04 Å². The molecule has 0 fully saturated rings. The predicted molar refractivity (Wildman–Crippen MR) is 78.1 cm³/mol. The molecule has 0 saturated carbocycles. The number of hydrogen-bond acceptors (Lipinski definition) is 5. The minimum Gasteiger partial charge on any atom is -0.352 e. The number of carbonyl (C=O) groups excluding carboxylic acids is 2. The second-order valence-electron chi connectivity index (χ2n) is 5.05. The van der Waals surface area contributed by atoms with Crippen molar-refractivity contribution in [3.05, 3.63) is 11.9 Å². The maximum absolute atomic E-state index is 12.1. The summed E-state index contributed by atoms with van der Waals surface area (Å²) < 4.78 is 1.48. The minimum atomic E-state index is -0.448. The van der Waals surface area contributed by atoms with E-state index in [1.165, 1.54) is 4.68 Å². The van der Waals surface area contributed by atoms with Crippen molar-refractivity contribution in [1.29, 1.82) is 0 Å². The minimum absolute atomic E-state index is 0.0672. The molecule has 0 aliphatic carbocycles. The van der Waals surface area contributed by atoms with E-state index in [4.69, 9.17) is 5.73 Å².